The lowest BCUT2D eigenvalue weighted by Gasteiger charge is -2.38. The molecule has 1 aliphatic carbocycles. The molecule has 0 saturated heterocycles. The summed E-state index contributed by atoms with van der Waals surface area (Å²) < 4.78 is 14.3. The Morgan fingerprint density at radius 2 is 1.88 bits per heavy atom. The smallest absolute Gasteiger partial charge is 0.251 e. The predicted molar refractivity (Wildman–Crippen MR) is 88.9 cm³/mol. The van der Waals surface area contributed by atoms with E-state index < -0.39 is 0 Å². The largest absolute Gasteiger partial charge is 0.619 e. The van der Waals surface area contributed by atoms with Crippen molar-refractivity contribution >= 4 is 5.91 Å². The fraction of sp³-hybridized carbons (Fsp3) is 0.368. The Morgan fingerprint density at radius 1 is 1.17 bits per heavy atom. The van der Waals surface area contributed by atoms with Crippen LogP contribution in [0.5, 0.6) is 0 Å². The molecule has 126 valence electrons. The summed E-state index contributed by atoms with van der Waals surface area (Å²) in [5, 5.41) is 14.0. The second-order valence-electron chi connectivity index (χ2n) is 6.48. The third kappa shape index (κ3) is 3.55. The summed E-state index contributed by atoms with van der Waals surface area (Å²) in [6, 6.07) is 9.70. The second kappa shape index (κ2) is 6.99. The molecule has 0 atom stereocenters. The summed E-state index contributed by atoms with van der Waals surface area (Å²) in [6.45, 7) is 0.474. The number of halogens is 1. The van der Waals surface area contributed by atoms with Crippen LogP contribution in [0.2, 0.25) is 0 Å². The van der Waals surface area contributed by atoms with Crippen molar-refractivity contribution in [2.45, 2.75) is 37.5 Å². The highest BCUT2D eigenvalue weighted by atomic mass is 19.1. The molecule has 1 aromatic carbocycles. The molecule has 1 fully saturated rings. The number of rotatable bonds is 4. The van der Waals surface area contributed by atoms with Crippen LogP contribution in [0.3, 0.4) is 0 Å². The van der Waals surface area contributed by atoms with Crippen LogP contribution in [0.15, 0.2) is 48.8 Å². The second-order valence-corrected chi connectivity index (χ2v) is 6.48. The number of hydrogen-bond acceptors (Lipinski definition) is 2. The number of carbonyl (C=O) groups is 1. The number of nitrogens with zero attached hydrogens (tertiary/aromatic N) is 1. The van der Waals surface area contributed by atoms with Gasteiger partial charge in [0, 0.05) is 24.1 Å². The van der Waals surface area contributed by atoms with Gasteiger partial charge in [0.25, 0.3) is 5.91 Å². The third-order valence-corrected chi connectivity index (χ3v) is 4.90. The molecular weight excluding hydrogens is 307 g/mol. The van der Waals surface area contributed by atoms with Crippen LogP contribution in [0.25, 0.3) is 0 Å². The maximum Gasteiger partial charge on any atom is 0.251 e. The van der Waals surface area contributed by atoms with Gasteiger partial charge in [-0.2, -0.15) is 4.73 Å². The number of hydrogen-bond donors (Lipinski definition) is 1. The van der Waals surface area contributed by atoms with Crippen molar-refractivity contribution in [1.82, 2.24) is 5.32 Å². The van der Waals surface area contributed by atoms with Crippen molar-refractivity contribution in [3.05, 3.63) is 70.9 Å². The van der Waals surface area contributed by atoms with Crippen LogP contribution in [0.1, 0.15) is 48.0 Å². The normalized spacial score (nSPS) is 16.5. The van der Waals surface area contributed by atoms with E-state index in [2.05, 4.69) is 5.32 Å². The highest BCUT2D eigenvalue weighted by Gasteiger charge is 2.34. The Labute approximate surface area is 140 Å². The van der Waals surface area contributed by atoms with E-state index >= 15 is 0 Å². The highest BCUT2D eigenvalue weighted by Crippen LogP contribution is 2.39. The minimum atomic E-state index is -0.244. The van der Waals surface area contributed by atoms with Gasteiger partial charge in [0.1, 0.15) is 5.82 Å². The van der Waals surface area contributed by atoms with Crippen LogP contribution in [-0.2, 0) is 5.41 Å². The summed E-state index contributed by atoms with van der Waals surface area (Å²) in [7, 11) is 0. The third-order valence-electron chi connectivity index (χ3n) is 4.90. The Morgan fingerprint density at radius 3 is 2.54 bits per heavy atom. The molecule has 0 radical (unpaired) electrons. The average Bonchev–Trinajstić information content (AvgIpc) is 2.61. The van der Waals surface area contributed by atoms with Gasteiger partial charge in [0.2, 0.25) is 0 Å². The van der Waals surface area contributed by atoms with E-state index in [1.54, 1.807) is 12.1 Å². The van der Waals surface area contributed by atoms with E-state index in [1.165, 1.54) is 37.0 Å². The molecule has 24 heavy (non-hydrogen) atoms. The summed E-state index contributed by atoms with van der Waals surface area (Å²) in [5.41, 5.74) is 1.18. The van der Waals surface area contributed by atoms with Crippen molar-refractivity contribution < 1.29 is 13.9 Å². The maximum absolute atomic E-state index is 13.7. The standard InChI is InChI=1S/C19H21FN2O2/c20-17-6-4-5-16(13-17)19(9-2-1-3-10-19)14-21-18(23)15-7-11-22(24)12-8-15/h4-8,11-13H,1-3,9-10,14H2,(H,21,23). The average molecular weight is 328 g/mol. The summed E-state index contributed by atoms with van der Waals surface area (Å²) in [5.74, 6) is -0.455. The Hall–Kier alpha value is -2.43. The van der Waals surface area contributed by atoms with E-state index in [-0.39, 0.29) is 17.1 Å². The van der Waals surface area contributed by atoms with Crippen LogP contribution in [0.4, 0.5) is 4.39 Å². The quantitative estimate of drug-likeness (QED) is 0.692. The number of amides is 1. The first-order valence-electron chi connectivity index (χ1n) is 8.32. The molecule has 2 aromatic rings. The van der Waals surface area contributed by atoms with E-state index in [4.69, 9.17) is 0 Å². The van der Waals surface area contributed by atoms with Gasteiger partial charge in [0.05, 0.1) is 5.56 Å². The van der Waals surface area contributed by atoms with Crippen molar-refractivity contribution in [3.8, 4) is 0 Å². The molecule has 0 aliphatic heterocycles. The van der Waals surface area contributed by atoms with E-state index in [0.29, 0.717) is 16.8 Å². The van der Waals surface area contributed by atoms with Crippen LogP contribution in [-0.4, -0.2) is 12.5 Å². The molecule has 1 aliphatic rings. The zero-order valence-corrected chi connectivity index (χ0v) is 13.5. The molecule has 0 unspecified atom stereocenters. The predicted octanol–water partition coefficient (Wildman–Crippen LogP) is 3.09. The molecule has 4 nitrogen and oxygen atoms in total. The van der Waals surface area contributed by atoms with E-state index in [9.17, 15) is 14.4 Å². The van der Waals surface area contributed by atoms with Gasteiger partial charge >= 0.3 is 0 Å². The zero-order valence-electron chi connectivity index (χ0n) is 13.5. The zero-order chi connectivity index (χ0) is 17.0. The summed E-state index contributed by atoms with van der Waals surface area (Å²) in [6.07, 6.45) is 7.81. The topological polar surface area (TPSA) is 56.0 Å². The fourth-order valence-electron chi connectivity index (χ4n) is 3.53. The summed E-state index contributed by atoms with van der Waals surface area (Å²) in [4.78, 5) is 12.3. The van der Waals surface area contributed by atoms with Crippen LogP contribution < -0.4 is 10.0 Å². The lowest BCUT2D eigenvalue weighted by atomic mass is 9.69. The summed E-state index contributed by atoms with van der Waals surface area (Å²) >= 11 is 0. The highest BCUT2D eigenvalue weighted by molar-refractivity contribution is 5.93. The van der Waals surface area contributed by atoms with Gasteiger partial charge in [-0.25, -0.2) is 4.39 Å². The van der Waals surface area contributed by atoms with Gasteiger partial charge in [-0.05, 0) is 30.5 Å². The van der Waals surface area contributed by atoms with Gasteiger partial charge in [-0.15, -0.1) is 0 Å². The number of aromatic nitrogens is 1. The molecule has 3 rings (SSSR count). The minimum Gasteiger partial charge on any atom is -0.619 e. The Kier molecular flexibility index (Phi) is 4.79. The maximum atomic E-state index is 13.7. The first-order chi connectivity index (χ1) is 11.6. The molecule has 1 amide bonds. The minimum absolute atomic E-state index is 0.211. The van der Waals surface area contributed by atoms with Gasteiger partial charge in [-0.1, -0.05) is 31.4 Å². The molecule has 0 bridgehead atoms. The van der Waals surface area contributed by atoms with Crippen molar-refractivity contribution in [2.75, 3.05) is 6.54 Å². The van der Waals surface area contributed by atoms with Gasteiger partial charge in [0.15, 0.2) is 12.4 Å². The molecule has 1 saturated carbocycles. The van der Waals surface area contributed by atoms with Gasteiger partial charge < -0.3 is 10.5 Å². The van der Waals surface area contributed by atoms with Crippen molar-refractivity contribution in [3.63, 3.8) is 0 Å². The van der Waals surface area contributed by atoms with Crippen LogP contribution in [0, 0.1) is 11.0 Å². The lowest BCUT2D eigenvalue weighted by molar-refractivity contribution is -0.605. The molecular formula is C19H21FN2O2. The van der Waals surface area contributed by atoms with Crippen LogP contribution >= 0.6 is 0 Å². The Bertz CT molecular complexity index is 710. The molecule has 0 spiro atoms. The van der Waals surface area contributed by atoms with E-state index in [0.717, 1.165) is 31.2 Å². The van der Waals surface area contributed by atoms with E-state index in [1.807, 2.05) is 6.07 Å². The first-order valence-corrected chi connectivity index (χ1v) is 8.32. The molecule has 1 heterocycles. The number of benzene rings is 1. The molecule has 5 heteroatoms. The molecule has 1 N–H and O–H groups in total. The number of pyridine rings is 1. The van der Waals surface area contributed by atoms with Crippen molar-refractivity contribution in [2.24, 2.45) is 0 Å². The monoisotopic (exact) mass is 328 g/mol. The fourth-order valence-corrected chi connectivity index (χ4v) is 3.53. The lowest BCUT2D eigenvalue weighted by Crippen LogP contribution is -2.42. The van der Waals surface area contributed by atoms with Crippen molar-refractivity contribution in [1.29, 1.82) is 0 Å². The van der Waals surface area contributed by atoms with Gasteiger partial charge in [-0.3, -0.25) is 4.79 Å². The number of nitrogens with one attached hydrogen (secondary N) is 1. The SMILES string of the molecule is O=C(NCC1(c2cccc(F)c2)CCCCC1)c1cc[n+]([O-])cc1. The molecule has 1 aromatic heterocycles. The Balaban J connectivity index is 1.77. The first kappa shape index (κ1) is 16.4. The number of carbonyl (C=O) groups excluding carboxylic acids is 1.